The third-order valence-electron chi connectivity index (χ3n) is 3.93. The van der Waals surface area contributed by atoms with Crippen LogP contribution in [-0.2, 0) is 5.41 Å². The van der Waals surface area contributed by atoms with E-state index in [9.17, 15) is 5.26 Å². The van der Waals surface area contributed by atoms with Crippen molar-refractivity contribution in [1.29, 1.82) is 5.26 Å². The fraction of sp³-hybridized carbons (Fsp3) is 0.571. The zero-order chi connectivity index (χ0) is 12.3. The number of nitrogens with zero attached hydrogens (tertiary/aromatic N) is 2. The van der Waals surface area contributed by atoms with Crippen LogP contribution in [0.3, 0.4) is 0 Å². The number of nitriles is 1. The minimum atomic E-state index is -0.343. The maximum absolute atomic E-state index is 9.55. The Bertz CT molecular complexity index is 425. The molecule has 2 rings (SSSR count). The van der Waals surface area contributed by atoms with Crippen LogP contribution < -0.4 is 4.90 Å². The van der Waals surface area contributed by atoms with Crippen LogP contribution in [0.4, 0.5) is 0 Å². The lowest BCUT2D eigenvalue weighted by atomic mass is 9.76. The second-order valence-electron chi connectivity index (χ2n) is 5.02. The van der Waals surface area contributed by atoms with E-state index in [0.717, 1.165) is 38.2 Å². The molecule has 0 radical (unpaired) electrons. The molecule has 90 valence electrons. The first-order valence-corrected chi connectivity index (χ1v) is 6.38. The van der Waals surface area contributed by atoms with E-state index in [4.69, 9.17) is 0 Å². The summed E-state index contributed by atoms with van der Waals surface area (Å²) in [6.07, 6.45) is 3.69. The molecule has 3 nitrogen and oxygen atoms in total. The van der Waals surface area contributed by atoms with Gasteiger partial charge in [0, 0.05) is 19.0 Å². The molecule has 1 fully saturated rings. The van der Waals surface area contributed by atoms with Crippen LogP contribution in [0.5, 0.6) is 0 Å². The minimum absolute atomic E-state index is 0.343. The van der Waals surface area contributed by atoms with Crippen LogP contribution in [0, 0.1) is 18.3 Å². The van der Waals surface area contributed by atoms with E-state index >= 15 is 0 Å². The number of piperidine rings is 1. The number of aryl methyl sites for hydroxylation is 1. The zero-order valence-corrected chi connectivity index (χ0v) is 10.7. The molecule has 1 aliphatic rings. The average Bonchev–Trinajstić information content (AvgIpc) is 2.39. The number of likely N-dealkylation sites (tertiary alicyclic amines) is 1. The topological polar surface area (TPSA) is 41.1 Å². The monoisotopic (exact) mass is 230 g/mol. The molecule has 0 unspecified atom stereocenters. The number of nitrogens with one attached hydrogen (secondary N) is 1. The number of quaternary nitrogens is 1. The van der Waals surface area contributed by atoms with E-state index in [-0.39, 0.29) is 5.41 Å². The number of pyridine rings is 1. The normalized spacial score (nSPS) is 28.6. The molecule has 0 saturated carbocycles. The first kappa shape index (κ1) is 12.1. The molecule has 2 heterocycles. The zero-order valence-electron chi connectivity index (χ0n) is 10.7. The quantitative estimate of drug-likeness (QED) is 0.818. The standard InChI is InChI=1S/C14H19N3/c1-3-17-8-5-14(11-15,6-9-17)13-10-12(2)4-7-16-13/h4,7,10H,3,5-6,8-9H2,1-2H3/p+1. The van der Waals surface area contributed by atoms with Crippen LogP contribution in [0.25, 0.3) is 0 Å². The summed E-state index contributed by atoms with van der Waals surface area (Å²) >= 11 is 0. The van der Waals surface area contributed by atoms with Gasteiger partial charge in [0.1, 0.15) is 5.41 Å². The summed E-state index contributed by atoms with van der Waals surface area (Å²) in [7, 11) is 0. The summed E-state index contributed by atoms with van der Waals surface area (Å²) in [6, 6.07) is 6.59. The number of hydrogen-bond donors (Lipinski definition) is 1. The first-order chi connectivity index (χ1) is 8.20. The number of rotatable bonds is 2. The number of aromatic nitrogens is 1. The van der Waals surface area contributed by atoms with Gasteiger partial charge in [-0.05, 0) is 31.5 Å². The van der Waals surface area contributed by atoms with E-state index in [1.54, 1.807) is 4.90 Å². The van der Waals surface area contributed by atoms with Crippen LogP contribution in [-0.4, -0.2) is 24.6 Å². The fourth-order valence-corrected chi connectivity index (χ4v) is 2.61. The Morgan fingerprint density at radius 1 is 1.47 bits per heavy atom. The van der Waals surface area contributed by atoms with Crippen molar-refractivity contribution in [3.05, 3.63) is 29.6 Å². The summed E-state index contributed by atoms with van der Waals surface area (Å²) < 4.78 is 0. The van der Waals surface area contributed by atoms with Crippen molar-refractivity contribution in [2.45, 2.75) is 32.1 Å². The van der Waals surface area contributed by atoms with Gasteiger partial charge in [0.25, 0.3) is 0 Å². The SMILES string of the molecule is CC[NH+]1CCC(C#N)(c2cc(C)ccn2)CC1. The minimum Gasteiger partial charge on any atom is -0.335 e. The molecule has 0 spiro atoms. The van der Waals surface area contributed by atoms with Crippen LogP contribution in [0.15, 0.2) is 18.3 Å². The average molecular weight is 230 g/mol. The molecule has 0 atom stereocenters. The summed E-state index contributed by atoms with van der Waals surface area (Å²) in [5, 5.41) is 9.55. The van der Waals surface area contributed by atoms with Gasteiger partial charge in [-0.15, -0.1) is 0 Å². The smallest absolute Gasteiger partial charge is 0.110 e. The lowest BCUT2D eigenvalue weighted by Crippen LogP contribution is -3.13. The lowest BCUT2D eigenvalue weighted by Gasteiger charge is -2.34. The predicted octanol–water partition coefficient (Wildman–Crippen LogP) is 0.850. The second kappa shape index (κ2) is 4.85. The van der Waals surface area contributed by atoms with Crippen molar-refractivity contribution in [3.63, 3.8) is 0 Å². The molecule has 1 N–H and O–H groups in total. The molecule has 1 aromatic heterocycles. The molecular weight excluding hydrogens is 210 g/mol. The van der Waals surface area contributed by atoms with Crippen LogP contribution in [0.1, 0.15) is 31.0 Å². The molecule has 0 aliphatic carbocycles. The molecule has 3 heteroatoms. The van der Waals surface area contributed by atoms with Gasteiger partial charge in [-0.3, -0.25) is 4.98 Å². The van der Waals surface area contributed by atoms with E-state index < -0.39 is 0 Å². The lowest BCUT2D eigenvalue weighted by molar-refractivity contribution is -0.904. The molecule has 1 aliphatic heterocycles. The van der Waals surface area contributed by atoms with E-state index in [1.165, 1.54) is 5.56 Å². The second-order valence-corrected chi connectivity index (χ2v) is 5.02. The maximum atomic E-state index is 9.55. The van der Waals surface area contributed by atoms with Gasteiger partial charge >= 0.3 is 0 Å². The Balaban J connectivity index is 2.25. The number of hydrogen-bond acceptors (Lipinski definition) is 2. The summed E-state index contributed by atoms with van der Waals surface area (Å²) in [5.41, 5.74) is 1.81. The van der Waals surface area contributed by atoms with Gasteiger partial charge in [-0.25, -0.2) is 0 Å². The van der Waals surface area contributed by atoms with Gasteiger partial charge in [0.15, 0.2) is 0 Å². The highest BCUT2D eigenvalue weighted by Crippen LogP contribution is 2.30. The Morgan fingerprint density at radius 2 is 2.18 bits per heavy atom. The maximum Gasteiger partial charge on any atom is 0.110 e. The Hall–Kier alpha value is -1.40. The Morgan fingerprint density at radius 3 is 2.71 bits per heavy atom. The summed E-state index contributed by atoms with van der Waals surface area (Å²) in [4.78, 5) is 6.03. The van der Waals surface area contributed by atoms with Crippen molar-refractivity contribution >= 4 is 0 Å². The van der Waals surface area contributed by atoms with Crippen molar-refractivity contribution in [2.75, 3.05) is 19.6 Å². The van der Waals surface area contributed by atoms with Crippen molar-refractivity contribution in [2.24, 2.45) is 0 Å². The van der Waals surface area contributed by atoms with E-state index in [0.29, 0.717) is 0 Å². The largest absolute Gasteiger partial charge is 0.335 e. The molecule has 17 heavy (non-hydrogen) atoms. The molecule has 0 aromatic carbocycles. The molecule has 1 aromatic rings. The molecular formula is C14H20N3+. The Kier molecular flexibility index (Phi) is 3.44. The van der Waals surface area contributed by atoms with E-state index in [1.807, 2.05) is 12.3 Å². The highest BCUT2D eigenvalue weighted by molar-refractivity contribution is 5.29. The van der Waals surface area contributed by atoms with E-state index in [2.05, 4.69) is 31.0 Å². The summed E-state index contributed by atoms with van der Waals surface area (Å²) in [5.74, 6) is 0. The van der Waals surface area contributed by atoms with Crippen molar-refractivity contribution in [3.8, 4) is 6.07 Å². The van der Waals surface area contributed by atoms with Gasteiger partial charge in [-0.1, -0.05) is 0 Å². The van der Waals surface area contributed by atoms with Crippen molar-refractivity contribution in [1.82, 2.24) is 4.98 Å². The Labute approximate surface area is 103 Å². The van der Waals surface area contributed by atoms with Gasteiger partial charge in [-0.2, -0.15) is 5.26 Å². The first-order valence-electron chi connectivity index (χ1n) is 6.38. The van der Waals surface area contributed by atoms with Gasteiger partial charge in [0.05, 0.1) is 31.4 Å². The fourth-order valence-electron chi connectivity index (χ4n) is 2.61. The highest BCUT2D eigenvalue weighted by Gasteiger charge is 2.39. The van der Waals surface area contributed by atoms with Crippen LogP contribution >= 0.6 is 0 Å². The molecule has 0 bridgehead atoms. The van der Waals surface area contributed by atoms with Crippen molar-refractivity contribution < 1.29 is 4.90 Å². The van der Waals surface area contributed by atoms with Gasteiger partial charge in [0.2, 0.25) is 0 Å². The summed E-state index contributed by atoms with van der Waals surface area (Å²) in [6.45, 7) is 7.59. The molecule has 1 saturated heterocycles. The third-order valence-corrected chi connectivity index (χ3v) is 3.93. The molecule has 0 amide bonds. The van der Waals surface area contributed by atoms with Gasteiger partial charge < -0.3 is 4.90 Å². The third kappa shape index (κ3) is 2.32. The predicted molar refractivity (Wildman–Crippen MR) is 66.7 cm³/mol. The highest BCUT2D eigenvalue weighted by atomic mass is 15.1. The van der Waals surface area contributed by atoms with Crippen LogP contribution in [0.2, 0.25) is 0 Å².